The summed E-state index contributed by atoms with van der Waals surface area (Å²) in [6.07, 6.45) is 3.63. The van der Waals surface area contributed by atoms with E-state index in [1.54, 1.807) is 42.8 Å². The molecule has 13 heteroatoms. The molecule has 42 heavy (non-hydrogen) atoms. The Balaban J connectivity index is 2.00. The standard InChI is InChI=1S/C29H27ClF2N4O5S/c1-15(9-23(32)29(33-4)40-5)28-27(35-17(3)41-28)20-10-18(7-8-24(20)36-13-26(30)34-16(36)2)19-11-22(31)21(14-37)25(12-19)42(6,38)39/h7-13,37H,1,14H2,2-6H3/b23-9+,33-29+. The van der Waals surface area contributed by atoms with Crippen molar-refractivity contribution < 1.29 is 31.5 Å². The van der Waals surface area contributed by atoms with Crippen LogP contribution < -0.4 is 0 Å². The van der Waals surface area contributed by atoms with Crippen LogP contribution in [0, 0.1) is 19.7 Å². The lowest BCUT2D eigenvalue weighted by Gasteiger charge is -2.15. The van der Waals surface area contributed by atoms with Crippen molar-refractivity contribution in [2.45, 2.75) is 25.3 Å². The van der Waals surface area contributed by atoms with Crippen LogP contribution in [0.3, 0.4) is 0 Å². The third-order valence-corrected chi connectivity index (χ3v) is 7.68. The zero-order valence-electron chi connectivity index (χ0n) is 23.4. The van der Waals surface area contributed by atoms with Gasteiger partial charge in [0.2, 0.25) is 5.90 Å². The number of methoxy groups -OCH3 is 1. The Kier molecular flexibility index (Phi) is 8.81. The number of sulfone groups is 1. The van der Waals surface area contributed by atoms with E-state index in [0.29, 0.717) is 22.6 Å². The second kappa shape index (κ2) is 12.0. The van der Waals surface area contributed by atoms with Crippen molar-refractivity contribution in [1.82, 2.24) is 14.5 Å². The van der Waals surface area contributed by atoms with Gasteiger partial charge in [-0.1, -0.05) is 24.2 Å². The van der Waals surface area contributed by atoms with E-state index >= 15 is 4.39 Å². The number of halogens is 3. The normalized spacial score (nSPS) is 12.6. The molecule has 9 nitrogen and oxygen atoms in total. The number of ether oxygens (including phenoxy) is 1. The molecule has 2 heterocycles. The zero-order valence-corrected chi connectivity index (χ0v) is 24.9. The Morgan fingerprint density at radius 1 is 1.24 bits per heavy atom. The maximum atomic E-state index is 15.0. The third-order valence-electron chi connectivity index (χ3n) is 6.34. The molecular formula is C29H27ClF2N4O5S. The molecule has 0 fully saturated rings. The van der Waals surface area contributed by atoms with Gasteiger partial charge in [-0.15, -0.1) is 0 Å². The van der Waals surface area contributed by atoms with E-state index in [1.165, 1.54) is 20.2 Å². The van der Waals surface area contributed by atoms with E-state index in [-0.39, 0.29) is 50.0 Å². The summed E-state index contributed by atoms with van der Waals surface area (Å²) in [6, 6.07) is 7.46. The van der Waals surface area contributed by atoms with Gasteiger partial charge in [0.05, 0.1) is 24.3 Å². The summed E-state index contributed by atoms with van der Waals surface area (Å²) in [5, 5.41) is 9.86. The Bertz CT molecular complexity index is 1880. The smallest absolute Gasteiger partial charge is 0.245 e. The number of aliphatic hydroxyl groups excluding tert-OH is 1. The Labute approximate surface area is 246 Å². The SMILES string of the molecule is C=C(/C=C(F)\C(=N/C)OC)c1oc(C)nc1-c1cc(-c2cc(F)c(CO)c(S(C)(=O)=O)c2)ccc1-n1cc(Cl)nc1C. The van der Waals surface area contributed by atoms with Gasteiger partial charge in [0.15, 0.2) is 27.3 Å². The van der Waals surface area contributed by atoms with Crippen molar-refractivity contribution in [3.63, 3.8) is 0 Å². The number of imidazole rings is 1. The van der Waals surface area contributed by atoms with Crippen LogP contribution in [0.5, 0.6) is 0 Å². The van der Waals surface area contributed by atoms with Crippen molar-refractivity contribution in [2.24, 2.45) is 4.99 Å². The summed E-state index contributed by atoms with van der Waals surface area (Å²) in [5.74, 6) is -0.978. The second-order valence-electron chi connectivity index (χ2n) is 9.24. The summed E-state index contributed by atoms with van der Waals surface area (Å²) in [4.78, 5) is 12.2. The van der Waals surface area contributed by atoms with Gasteiger partial charge >= 0.3 is 0 Å². The first-order valence-electron chi connectivity index (χ1n) is 12.3. The molecule has 220 valence electrons. The molecule has 0 aliphatic rings. The fraction of sp³-hybridized carbons (Fsp3) is 0.207. The molecule has 1 N–H and O–H groups in total. The lowest BCUT2D eigenvalue weighted by Crippen LogP contribution is -2.06. The molecule has 0 saturated carbocycles. The van der Waals surface area contributed by atoms with Crippen molar-refractivity contribution in [3.8, 4) is 28.1 Å². The van der Waals surface area contributed by atoms with Gasteiger partial charge in [0.25, 0.3) is 0 Å². The number of benzene rings is 2. The number of aromatic nitrogens is 3. The van der Waals surface area contributed by atoms with Crippen LogP contribution in [-0.2, 0) is 21.2 Å². The summed E-state index contributed by atoms with van der Waals surface area (Å²) >= 11 is 6.18. The lowest BCUT2D eigenvalue weighted by atomic mass is 9.97. The van der Waals surface area contributed by atoms with Crippen LogP contribution in [0.2, 0.25) is 5.15 Å². The molecule has 4 rings (SSSR count). The quantitative estimate of drug-likeness (QED) is 0.146. The first kappa shape index (κ1) is 30.8. The number of oxazole rings is 1. The first-order chi connectivity index (χ1) is 19.8. The zero-order chi connectivity index (χ0) is 30.9. The van der Waals surface area contributed by atoms with E-state index in [0.717, 1.165) is 18.4 Å². The minimum absolute atomic E-state index is 0.121. The van der Waals surface area contributed by atoms with Gasteiger partial charge in [0.1, 0.15) is 22.5 Å². The molecule has 2 aromatic heterocycles. The van der Waals surface area contributed by atoms with E-state index in [9.17, 15) is 17.9 Å². The minimum atomic E-state index is -3.88. The van der Waals surface area contributed by atoms with Crippen molar-refractivity contribution in [3.05, 3.63) is 89.0 Å². The lowest BCUT2D eigenvalue weighted by molar-refractivity contribution is 0.272. The number of hydrogen-bond donors (Lipinski definition) is 1. The molecule has 0 unspecified atom stereocenters. The fourth-order valence-corrected chi connectivity index (χ4v) is 5.63. The molecule has 0 aliphatic carbocycles. The van der Waals surface area contributed by atoms with E-state index in [4.69, 9.17) is 20.8 Å². The van der Waals surface area contributed by atoms with Crippen LogP contribution in [0.25, 0.3) is 33.6 Å². The number of rotatable bonds is 8. The molecule has 0 amide bonds. The summed E-state index contributed by atoms with van der Waals surface area (Å²) in [6.45, 7) is 6.51. The molecule has 0 radical (unpaired) electrons. The van der Waals surface area contributed by atoms with E-state index in [1.807, 2.05) is 0 Å². The van der Waals surface area contributed by atoms with Gasteiger partial charge in [0, 0.05) is 43.1 Å². The molecule has 0 bridgehead atoms. The van der Waals surface area contributed by atoms with Gasteiger partial charge in [-0.3, -0.25) is 4.99 Å². The molecule has 2 aromatic carbocycles. The van der Waals surface area contributed by atoms with Crippen molar-refractivity contribution >= 4 is 32.9 Å². The number of nitrogens with zero attached hydrogens (tertiary/aromatic N) is 4. The van der Waals surface area contributed by atoms with Crippen LogP contribution in [0.4, 0.5) is 8.78 Å². The number of aliphatic imine (C=N–C) groups is 1. The van der Waals surface area contributed by atoms with Gasteiger partial charge in [-0.25, -0.2) is 27.2 Å². The Hall–Kier alpha value is -4.13. The first-order valence-corrected chi connectivity index (χ1v) is 14.6. The Morgan fingerprint density at radius 2 is 1.95 bits per heavy atom. The van der Waals surface area contributed by atoms with Crippen molar-refractivity contribution in [1.29, 1.82) is 0 Å². The average molecular weight is 617 g/mol. The van der Waals surface area contributed by atoms with Gasteiger partial charge < -0.3 is 18.8 Å². The summed E-state index contributed by atoms with van der Waals surface area (Å²) in [7, 11) is -1.22. The van der Waals surface area contributed by atoms with Crippen LogP contribution in [-0.4, -0.2) is 54.4 Å². The fourth-order valence-electron chi connectivity index (χ4n) is 4.46. The maximum absolute atomic E-state index is 15.0. The number of aliphatic hydroxyl groups is 1. The van der Waals surface area contributed by atoms with Crippen LogP contribution >= 0.6 is 11.6 Å². The third kappa shape index (κ3) is 6.06. The molecule has 0 atom stereocenters. The predicted molar refractivity (Wildman–Crippen MR) is 157 cm³/mol. The highest BCUT2D eigenvalue weighted by atomic mass is 35.5. The largest absolute Gasteiger partial charge is 0.479 e. The molecule has 0 saturated heterocycles. The number of hydrogen-bond acceptors (Lipinski definition) is 8. The topological polar surface area (TPSA) is 120 Å². The highest BCUT2D eigenvalue weighted by Crippen LogP contribution is 2.38. The number of aryl methyl sites for hydroxylation is 2. The maximum Gasteiger partial charge on any atom is 0.245 e. The average Bonchev–Trinajstić information content (AvgIpc) is 3.48. The van der Waals surface area contributed by atoms with Gasteiger partial charge in [-0.05, 0) is 48.4 Å². The molecule has 0 spiro atoms. The highest BCUT2D eigenvalue weighted by molar-refractivity contribution is 7.90. The van der Waals surface area contributed by atoms with E-state index < -0.39 is 28.1 Å². The monoisotopic (exact) mass is 616 g/mol. The summed E-state index contributed by atoms with van der Waals surface area (Å²) < 4.78 is 67.2. The molecule has 4 aromatic rings. The van der Waals surface area contributed by atoms with Crippen LogP contribution in [0.15, 0.2) is 69.3 Å². The van der Waals surface area contributed by atoms with Crippen molar-refractivity contribution in [2.75, 3.05) is 20.4 Å². The second-order valence-corrected chi connectivity index (χ2v) is 11.6. The van der Waals surface area contributed by atoms with Crippen LogP contribution in [0.1, 0.15) is 23.0 Å². The highest BCUT2D eigenvalue weighted by Gasteiger charge is 2.23. The molecular weight excluding hydrogens is 590 g/mol. The Morgan fingerprint density at radius 3 is 2.52 bits per heavy atom. The minimum Gasteiger partial charge on any atom is -0.479 e. The van der Waals surface area contributed by atoms with Gasteiger partial charge in [-0.2, -0.15) is 0 Å². The summed E-state index contributed by atoms with van der Waals surface area (Å²) in [5.41, 5.74) is 1.70. The molecule has 0 aliphatic heterocycles. The van der Waals surface area contributed by atoms with E-state index in [2.05, 4.69) is 21.5 Å². The predicted octanol–water partition coefficient (Wildman–Crippen LogP) is 6.04. The number of allylic oxidation sites excluding steroid dienone is 2.